The summed E-state index contributed by atoms with van der Waals surface area (Å²) in [6.07, 6.45) is 0. The van der Waals surface area contributed by atoms with Crippen LogP contribution in [0, 0.1) is 0 Å². The minimum absolute atomic E-state index is 0.0419. The number of thiophene rings is 1. The Morgan fingerprint density at radius 2 is 1.94 bits per heavy atom. The Morgan fingerprint density at radius 3 is 2.55 bits per heavy atom. The van der Waals surface area contributed by atoms with Crippen LogP contribution >= 0.6 is 22.9 Å². The highest BCUT2D eigenvalue weighted by Crippen LogP contribution is 2.21. The molecule has 1 aromatic carbocycles. The number of anilines is 2. The van der Waals surface area contributed by atoms with Crippen molar-refractivity contribution in [2.24, 2.45) is 0 Å². The van der Waals surface area contributed by atoms with Crippen LogP contribution in [0.4, 0.5) is 11.4 Å². The molecule has 0 radical (unpaired) electrons. The van der Waals surface area contributed by atoms with Gasteiger partial charge in [-0.25, -0.2) is 0 Å². The highest BCUT2D eigenvalue weighted by atomic mass is 35.5. The fourth-order valence-electron chi connectivity index (χ4n) is 2.92. The van der Waals surface area contributed by atoms with Gasteiger partial charge in [0.15, 0.2) is 0 Å². The summed E-state index contributed by atoms with van der Waals surface area (Å²) in [5.41, 5.74) is 1.19. The van der Waals surface area contributed by atoms with Crippen molar-refractivity contribution >= 4 is 57.9 Å². The summed E-state index contributed by atoms with van der Waals surface area (Å²) in [7, 11) is 0. The number of carbonyl (C=O) groups is 4. The molecule has 1 aromatic heterocycles. The summed E-state index contributed by atoms with van der Waals surface area (Å²) < 4.78 is 5.59. The Hall–Kier alpha value is -2.95. The van der Waals surface area contributed by atoms with Gasteiger partial charge in [0.2, 0.25) is 11.8 Å². The van der Waals surface area contributed by atoms with Gasteiger partial charge in [0, 0.05) is 31.4 Å². The van der Waals surface area contributed by atoms with Gasteiger partial charge in [0.05, 0.1) is 15.8 Å². The maximum absolute atomic E-state index is 12.7. The molecule has 1 atom stereocenters. The highest BCUT2D eigenvalue weighted by molar-refractivity contribution is 7.18. The van der Waals surface area contributed by atoms with Crippen molar-refractivity contribution in [1.82, 2.24) is 10.6 Å². The number of nitrogens with one attached hydrogen (secondary N) is 3. The molecule has 2 aromatic rings. The van der Waals surface area contributed by atoms with Crippen LogP contribution in [0.3, 0.4) is 0 Å². The number of nitrogens with zero attached hydrogens (tertiary/aromatic N) is 1. The lowest BCUT2D eigenvalue weighted by Crippen LogP contribution is -2.50. The van der Waals surface area contributed by atoms with E-state index in [1.807, 2.05) is 0 Å². The van der Waals surface area contributed by atoms with E-state index < -0.39 is 17.9 Å². The molecular formula is C20H21ClN4O5S. The first kappa shape index (κ1) is 22.7. The van der Waals surface area contributed by atoms with E-state index in [0.717, 1.165) is 11.3 Å². The number of hydrogen-bond acceptors (Lipinski definition) is 6. The van der Waals surface area contributed by atoms with Crippen molar-refractivity contribution in [3.05, 3.63) is 45.6 Å². The van der Waals surface area contributed by atoms with Crippen LogP contribution in [0.25, 0.3) is 0 Å². The smallest absolute Gasteiger partial charge is 0.261 e. The number of ether oxygens (including phenoxy) is 1. The van der Waals surface area contributed by atoms with Gasteiger partial charge in [-0.1, -0.05) is 11.6 Å². The van der Waals surface area contributed by atoms with Crippen molar-refractivity contribution in [2.45, 2.75) is 13.0 Å². The van der Waals surface area contributed by atoms with Gasteiger partial charge in [-0.2, -0.15) is 0 Å². The molecule has 1 aliphatic heterocycles. The molecule has 1 aliphatic rings. The Labute approximate surface area is 187 Å². The van der Waals surface area contributed by atoms with Crippen molar-refractivity contribution in [2.75, 3.05) is 36.5 Å². The molecule has 164 valence electrons. The normalized spacial score (nSPS) is 14.6. The molecule has 0 aliphatic carbocycles. The minimum Gasteiger partial charge on any atom is -0.370 e. The molecule has 1 fully saturated rings. The van der Waals surface area contributed by atoms with Crippen molar-refractivity contribution in [3.8, 4) is 0 Å². The second-order valence-electron chi connectivity index (χ2n) is 6.70. The van der Waals surface area contributed by atoms with E-state index in [1.165, 1.54) is 6.92 Å². The highest BCUT2D eigenvalue weighted by Gasteiger charge is 2.22. The standard InChI is InChI=1S/C20H21ClN4O5S/c1-12(26)23-15(10-22-20(29)16-6-7-17(21)31-16)19(28)24-13-2-4-14(5-3-13)25-8-9-30-11-18(25)27/h2-7,15H,8-11H2,1H3,(H,22,29)(H,23,26)(H,24,28)/t15-/m0/s1. The zero-order valence-corrected chi connectivity index (χ0v) is 18.2. The van der Waals surface area contributed by atoms with E-state index in [1.54, 1.807) is 41.3 Å². The predicted molar refractivity (Wildman–Crippen MR) is 118 cm³/mol. The Balaban J connectivity index is 1.61. The molecule has 0 spiro atoms. The van der Waals surface area contributed by atoms with Crippen LogP contribution in [-0.4, -0.2) is 56.0 Å². The third-order valence-corrected chi connectivity index (χ3v) is 5.62. The third-order valence-electron chi connectivity index (χ3n) is 4.39. The molecule has 3 N–H and O–H groups in total. The molecule has 31 heavy (non-hydrogen) atoms. The lowest BCUT2D eigenvalue weighted by Gasteiger charge is -2.27. The first-order valence-corrected chi connectivity index (χ1v) is 10.6. The molecule has 4 amide bonds. The van der Waals surface area contributed by atoms with Crippen molar-refractivity contribution < 1.29 is 23.9 Å². The van der Waals surface area contributed by atoms with E-state index in [0.29, 0.717) is 33.7 Å². The average molecular weight is 465 g/mol. The van der Waals surface area contributed by atoms with Crippen LogP contribution in [-0.2, 0) is 19.1 Å². The molecule has 9 nitrogen and oxygen atoms in total. The molecule has 11 heteroatoms. The van der Waals surface area contributed by atoms with Gasteiger partial charge in [-0.3, -0.25) is 19.2 Å². The Bertz CT molecular complexity index is 978. The maximum atomic E-state index is 12.7. The van der Waals surface area contributed by atoms with Crippen LogP contribution in [0.15, 0.2) is 36.4 Å². The lowest BCUT2D eigenvalue weighted by atomic mass is 10.2. The molecule has 0 bridgehead atoms. The monoisotopic (exact) mass is 464 g/mol. The minimum atomic E-state index is -0.975. The van der Waals surface area contributed by atoms with Gasteiger partial charge >= 0.3 is 0 Å². The van der Waals surface area contributed by atoms with Crippen LogP contribution < -0.4 is 20.9 Å². The summed E-state index contributed by atoms with van der Waals surface area (Å²) in [6, 6.07) is 8.96. The zero-order chi connectivity index (χ0) is 22.4. The second-order valence-corrected chi connectivity index (χ2v) is 8.42. The largest absolute Gasteiger partial charge is 0.370 e. The average Bonchev–Trinajstić information content (AvgIpc) is 3.18. The SMILES string of the molecule is CC(=O)N[C@@H](CNC(=O)c1ccc(Cl)s1)C(=O)Nc1ccc(N2CCOCC2=O)cc1. The number of carbonyl (C=O) groups excluding carboxylic acids is 4. The summed E-state index contributed by atoms with van der Waals surface area (Å²) in [5.74, 6) is -1.42. The summed E-state index contributed by atoms with van der Waals surface area (Å²) >= 11 is 6.95. The Morgan fingerprint density at radius 1 is 1.19 bits per heavy atom. The van der Waals surface area contributed by atoms with E-state index in [4.69, 9.17) is 16.3 Å². The molecule has 2 heterocycles. The van der Waals surface area contributed by atoms with Crippen LogP contribution in [0.1, 0.15) is 16.6 Å². The summed E-state index contributed by atoms with van der Waals surface area (Å²) in [4.78, 5) is 50.3. The van der Waals surface area contributed by atoms with Crippen LogP contribution in [0.2, 0.25) is 4.34 Å². The van der Waals surface area contributed by atoms with Gasteiger partial charge < -0.3 is 25.6 Å². The first-order valence-electron chi connectivity index (χ1n) is 9.43. The number of rotatable bonds is 7. The topological polar surface area (TPSA) is 117 Å². The molecule has 0 unspecified atom stereocenters. The van der Waals surface area contributed by atoms with Crippen molar-refractivity contribution in [3.63, 3.8) is 0 Å². The van der Waals surface area contributed by atoms with E-state index in [9.17, 15) is 19.2 Å². The Kier molecular flexibility index (Phi) is 7.61. The predicted octanol–water partition coefficient (Wildman–Crippen LogP) is 1.64. The van der Waals surface area contributed by atoms with Gasteiger partial charge in [-0.05, 0) is 36.4 Å². The quantitative estimate of drug-likeness (QED) is 0.576. The van der Waals surface area contributed by atoms with Gasteiger partial charge in [-0.15, -0.1) is 11.3 Å². The van der Waals surface area contributed by atoms with Crippen molar-refractivity contribution in [1.29, 1.82) is 0 Å². The maximum Gasteiger partial charge on any atom is 0.261 e. The summed E-state index contributed by atoms with van der Waals surface area (Å²) in [6.45, 7) is 2.16. The number of hydrogen-bond donors (Lipinski definition) is 3. The summed E-state index contributed by atoms with van der Waals surface area (Å²) in [5, 5.41) is 7.85. The molecule has 3 rings (SSSR count). The first-order chi connectivity index (χ1) is 14.8. The lowest BCUT2D eigenvalue weighted by molar-refractivity contribution is -0.125. The van der Waals surface area contributed by atoms with Gasteiger partial charge in [0.25, 0.3) is 11.8 Å². The van der Waals surface area contributed by atoms with E-state index >= 15 is 0 Å². The number of morpholine rings is 1. The number of benzene rings is 1. The molecular weight excluding hydrogens is 444 g/mol. The fourth-order valence-corrected chi connectivity index (χ4v) is 3.88. The number of amides is 4. The van der Waals surface area contributed by atoms with Gasteiger partial charge in [0.1, 0.15) is 12.6 Å². The zero-order valence-electron chi connectivity index (χ0n) is 16.6. The molecule has 0 saturated carbocycles. The molecule has 1 saturated heterocycles. The number of halogens is 1. The van der Waals surface area contributed by atoms with E-state index in [-0.39, 0.29) is 25.0 Å². The van der Waals surface area contributed by atoms with Crippen LogP contribution in [0.5, 0.6) is 0 Å². The fraction of sp³-hybridized carbons (Fsp3) is 0.300. The second kappa shape index (κ2) is 10.4. The van der Waals surface area contributed by atoms with E-state index in [2.05, 4.69) is 16.0 Å². The third kappa shape index (κ3) is 6.27.